The van der Waals surface area contributed by atoms with Crippen molar-refractivity contribution in [1.82, 2.24) is 9.78 Å². The van der Waals surface area contributed by atoms with Gasteiger partial charge in [0.2, 0.25) is 0 Å². The summed E-state index contributed by atoms with van der Waals surface area (Å²) in [5, 5.41) is 10.1. The van der Waals surface area contributed by atoms with E-state index in [1.54, 1.807) is 23.7 Å². The molecule has 1 aromatic heterocycles. The third kappa shape index (κ3) is 4.49. The number of carbonyl (C=O) groups is 1. The molecule has 2 amide bonds. The van der Waals surface area contributed by atoms with Gasteiger partial charge in [-0.1, -0.05) is 18.2 Å². The number of amides is 2. The van der Waals surface area contributed by atoms with Gasteiger partial charge in [0.05, 0.1) is 17.1 Å². The molecule has 0 unspecified atom stereocenters. The average Bonchev–Trinajstić information content (AvgIpc) is 2.90. The number of anilines is 2. The summed E-state index contributed by atoms with van der Waals surface area (Å²) in [6.07, 6.45) is 0. The summed E-state index contributed by atoms with van der Waals surface area (Å²) in [5.74, 6) is 0.0473. The van der Waals surface area contributed by atoms with E-state index in [0.717, 1.165) is 22.5 Å². The van der Waals surface area contributed by atoms with E-state index in [2.05, 4.69) is 15.7 Å². The van der Waals surface area contributed by atoms with Gasteiger partial charge in [-0.25, -0.2) is 13.9 Å². The Labute approximate surface area is 163 Å². The molecule has 0 aliphatic heterocycles. The lowest BCUT2D eigenvalue weighted by molar-refractivity contribution is 0.217. The van der Waals surface area contributed by atoms with Crippen LogP contribution in [0.25, 0.3) is 0 Å². The zero-order valence-corrected chi connectivity index (χ0v) is 16.3. The number of carbonyl (C=O) groups excluding carboxylic acids is 1. The molecule has 6 nitrogen and oxygen atoms in total. The number of ether oxygens (including phenoxy) is 1. The van der Waals surface area contributed by atoms with Crippen molar-refractivity contribution in [3.63, 3.8) is 0 Å². The molecule has 0 aliphatic carbocycles. The predicted molar refractivity (Wildman–Crippen MR) is 107 cm³/mol. The Bertz CT molecular complexity index is 1010. The molecule has 2 aromatic carbocycles. The summed E-state index contributed by atoms with van der Waals surface area (Å²) in [6, 6.07) is 11.5. The zero-order valence-electron chi connectivity index (χ0n) is 16.3. The number of aromatic nitrogens is 2. The smallest absolute Gasteiger partial charge is 0.323 e. The van der Waals surface area contributed by atoms with Crippen molar-refractivity contribution in [2.45, 2.75) is 34.4 Å². The highest BCUT2D eigenvalue weighted by molar-refractivity contribution is 6.00. The third-order valence-electron chi connectivity index (χ3n) is 4.41. The summed E-state index contributed by atoms with van der Waals surface area (Å²) < 4.78 is 20.5. The Morgan fingerprint density at radius 2 is 1.89 bits per heavy atom. The second-order valence-corrected chi connectivity index (χ2v) is 6.67. The Morgan fingerprint density at radius 3 is 2.64 bits per heavy atom. The normalized spacial score (nSPS) is 10.6. The second-order valence-electron chi connectivity index (χ2n) is 6.67. The predicted octanol–water partition coefficient (Wildman–Crippen LogP) is 4.94. The van der Waals surface area contributed by atoms with Crippen molar-refractivity contribution >= 4 is 17.4 Å². The largest absolute Gasteiger partial charge is 0.471 e. The fourth-order valence-electron chi connectivity index (χ4n) is 2.83. The molecule has 0 bridgehead atoms. The van der Waals surface area contributed by atoms with Crippen LogP contribution in [-0.4, -0.2) is 15.8 Å². The van der Waals surface area contributed by atoms with Crippen molar-refractivity contribution < 1.29 is 13.9 Å². The molecular weight excluding hydrogens is 359 g/mol. The van der Waals surface area contributed by atoms with Gasteiger partial charge in [0.1, 0.15) is 11.6 Å². The standard InChI is InChI=1S/C21H23FN4O2/c1-13-8-9-14(2)19(10-13)23-21(27)24-20-15(3)25-26(16(20)4)12-28-18-7-5-6-17(22)11-18/h5-11H,12H2,1-4H3,(H2,23,24,27). The van der Waals surface area contributed by atoms with E-state index in [-0.39, 0.29) is 18.6 Å². The van der Waals surface area contributed by atoms with Gasteiger partial charge in [-0.15, -0.1) is 0 Å². The van der Waals surface area contributed by atoms with Gasteiger partial charge < -0.3 is 15.4 Å². The number of urea groups is 1. The Hall–Kier alpha value is -3.35. The van der Waals surface area contributed by atoms with Gasteiger partial charge in [0.15, 0.2) is 6.73 Å². The van der Waals surface area contributed by atoms with Gasteiger partial charge in [-0.3, -0.25) is 0 Å². The van der Waals surface area contributed by atoms with Gasteiger partial charge in [-0.2, -0.15) is 5.10 Å². The molecule has 146 valence electrons. The van der Waals surface area contributed by atoms with Gasteiger partial charge >= 0.3 is 6.03 Å². The van der Waals surface area contributed by atoms with Gasteiger partial charge in [-0.05, 0) is 57.0 Å². The topological polar surface area (TPSA) is 68.2 Å². The molecule has 28 heavy (non-hydrogen) atoms. The maximum Gasteiger partial charge on any atom is 0.323 e. The number of halogens is 1. The van der Waals surface area contributed by atoms with Crippen molar-refractivity contribution in [1.29, 1.82) is 0 Å². The summed E-state index contributed by atoms with van der Waals surface area (Å²) in [4.78, 5) is 12.4. The van der Waals surface area contributed by atoms with Crippen LogP contribution in [0.4, 0.5) is 20.6 Å². The molecule has 3 rings (SSSR count). The molecule has 2 N–H and O–H groups in total. The van der Waals surface area contributed by atoms with E-state index < -0.39 is 0 Å². The van der Waals surface area contributed by atoms with E-state index in [0.29, 0.717) is 17.1 Å². The number of benzene rings is 2. The molecular formula is C21H23FN4O2. The number of hydrogen-bond acceptors (Lipinski definition) is 3. The summed E-state index contributed by atoms with van der Waals surface area (Å²) in [5.41, 5.74) is 4.82. The van der Waals surface area contributed by atoms with Crippen molar-refractivity contribution in [2.75, 3.05) is 10.6 Å². The van der Waals surface area contributed by atoms with E-state index in [9.17, 15) is 9.18 Å². The molecule has 0 atom stereocenters. The van der Waals surface area contributed by atoms with Crippen molar-refractivity contribution in [2.24, 2.45) is 0 Å². The summed E-state index contributed by atoms with van der Waals surface area (Å²) in [7, 11) is 0. The maximum atomic E-state index is 13.3. The molecule has 1 heterocycles. The lowest BCUT2D eigenvalue weighted by Crippen LogP contribution is -2.21. The first-order valence-electron chi connectivity index (χ1n) is 8.91. The van der Waals surface area contributed by atoms with Crippen molar-refractivity contribution in [3.05, 3.63) is 70.8 Å². The number of hydrogen-bond donors (Lipinski definition) is 2. The molecule has 0 radical (unpaired) electrons. The Morgan fingerprint density at radius 1 is 1.11 bits per heavy atom. The van der Waals surface area contributed by atoms with Crippen LogP contribution in [0.2, 0.25) is 0 Å². The minimum atomic E-state index is -0.365. The first-order valence-corrected chi connectivity index (χ1v) is 8.91. The van der Waals surface area contributed by atoms with Crippen LogP contribution in [0.5, 0.6) is 5.75 Å². The fourth-order valence-corrected chi connectivity index (χ4v) is 2.83. The van der Waals surface area contributed by atoms with Crippen LogP contribution >= 0.6 is 0 Å². The van der Waals surface area contributed by atoms with E-state index in [4.69, 9.17) is 4.74 Å². The summed E-state index contributed by atoms with van der Waals surface area (Å²) in [6.45, 7) is 7.66. The van der Waals surface area contributed by atoms with Crippen LogP contribution in [-0.2, 0) is 6.73 Å². The first kappa shape index (κ1) is 19.4. The van der Waals surface area contributed by atoms with Gasteiger partial charge in [0.25, 0.3) is 0 Å². The summed E-state index contributed by atoms with van der Waals surface area (Å²) >= 11 is 0. The molecule has 7 heteroatoms. The SMILES string of the molecule is Cc1ccc(C)c(NC(=O)Nc2c(C)nn(COc3cccc(F)c3)c2C)c1. The maximum absolute atomic E-state index is 13.3. The number of rotatable bonds is 5. The van der Waals surface area contributed by atoms with Gasteiger partial charge in [0, 0.05) is 11.8 Å². The average molecular weight is 382 g/mol. The van der Waals surface area contributed by atoms with Crippen molar-refractivity contribution in [3.8, 4) is 5.75 Å². The zero-order chi connectivity index (χ0) is 20.3. The van der Waals surface area contributed by atoms with E-state index in [1.165, 1.54) is 12.1 Å². The quantitative estimate of drug-likeness (QED) is 0.657. The molecule has 0 saturated carbocycles. The highest BCUT2D eigenvalue weighted by atomic mass is 19.1. The van der Waals surface area contributed by atoms with Crippen LogP contribution < -0.4 is 15.4 Å². The fraction of sp³-hybridized carbons (Fsp3) is 0.238. The number of nitrogens with one attached hydrogen (secondary N) is 2. The lowest BCUT2D eigenvalue weighted by atomic mass is 10.1. The Kier molecular flexibility index (Phi) is 5.63. The van der Waals surface area contributed by atoms with Crippen LogP contribution in [0.3, 0.4) is 0 Å². The van der Waals surface area contributed by atoms with E-state index in [1.807, 2.05) is 39.0 Å². The number of aryl methyl sites for hydroxylation is 3. The molecule has 0 spiro atoms. The lowest BCUT2D eigenvalue weighted by Gasteiger charge is -2.11. The first-order chi connectivity index (χ1) is 13.3. The van der Waals surface area contributed by atoms with E-state index >= 15 is 0 Å². The molecule has 0 saturated heterocycles. The van der Waals surface area contributed by atoms with Crippen LogP contribution in [0, 0.1) is 33.5 Å². The minimum absolute atomic E-state index is 0.108. The highest BCUT2D eigenvalue weighted by Crippen LogP contribution is 2.22. The minimum Gasteiger partial charge on any atom is -0.471 e. The Balaban J connectivity index is 1.69. The molecule has 3 aromatic rings. The third-order valence-corrected chi connectivity index (χ3v) is 4.41. The molecule has 0 fully saturated rings. The van der Waals surface area contributed by atoms with Crippen LogP contribution in [0.15, 0.2) is 42.5 Å². The molecule has 0 aliphatic rings. The highest BCUT2D eigenvalue weighted by Gasteiger charge is 2.15. The second kappa shape index (κ2) is 8.12. The van der Waals surface area contributed by atoms with Crippen LogP contribution in [0.1, 0.15) is 22.5 Å². The number of nitrogens with zero attached hydrogens (tertiary/aromatic N) is 2. The monoisotopic (exact) mass is 382 g/mol.